The maximum absolute atomic E-state index is 6.31. The summed E-state index contributed by atoms with van der Waals surface area (Å²) in [6, 6.07) is 11.6. The molecule has 8 heteroatoms. The third-order valence-electron chi connectivity index (χ3n) is 3.89. The van der Waals surface area contributed by atoms with Crippen molar-refractivity contribution >= 4 is 23.4 Å². The molecule has 0 amide bonds. The van der Waals surface area contributed by atoms with Gasteiger partial charge >= 0.3 is 0 Å². The lowest BCUT2D eigenvalue weighted by molar-refractivity contribution is 0.171. The lowest BCUT2D eigenvalue weighted by Gasteiger charge is -2.20. The molecule has 2 aromatic carbocycles. The Balaban J connectivity index is 1.57. The molecule has 3 aromatic rings. The largest absolute Gasteiger partial charge is 0.495 e. The van der Waals surface area contributed by atoms with Gasteiger partial charge in [-0.15, -0.1) is 10.2 Å². The summed E-state index contributed by atoms with van der Waals surface area (Å²) in [6.45, 7) is 1.05. The first-order valence-corrected chi connectivity index (χ1v) is 9.37. The van der Waals surface area contributed by atoms with Crippen LogP contribution >= 0.6 is 23.4 Å². The van der Waals surface area contributed by atoms with Crippen molar-refractivity contribution in [2.24, 2.45) is 0 Å². The van der Waals surface area contributed by atoms with Gasteiger partial charge in [0, 0.05) is 5.75 Å². The Bertz CT molecular complexity index is 932. The van der Waals surface area contributed by atoms with Gasteiger partial charge in [0.05, 0.1) is 17.8 Å². The summed E-state index contributed by atoms with van der Waals surface area (Å²) >= 11 is 7.87. The molecule has 2 heterocycles. The highest BCUT2D eigenvalue weighted by atomic mass is 35.5. The van der Waals surface area contributed by atoms with Crippen molar-refractivity contribution < 1.29 is 14.2 Å². The number of ether oxygens (including phenoxy) is 3. The summed E-state index contributed by atoms with van der Waals surface area (Å²) in [6.07, 6.45) is 1.68. The van der Waals surface area contributed by atoms with Gasteiger partial charge < -0.3 is 14.2 Å². The van der Waals surface area contributed by atoms with Crippen molar-refractivity contribution in [3.63, 3.8) is 0 Å². The standard InChI is InChI=1S/C18H16ClN3O3S/c1-23-15-5-3-2-4-14(15)22-11-20-21-18(22)26-10-12-8-13(19)17-16(9-12)24-6-7-25-17/h2-5,8-9,11H,6-7,10H2,1H3. The first kappa shape index (κ1) is 17.1. The topological polar surface area (TPSA) is 58.4 Å². The van der Waals surface area contributed by atoms with E-state index in [2.05, 4.69) is 10.2 Å². The maximum atomic E-state index is 6.31. The van der Waals surface area contributed by atoms with E-state index in [0.29, 0.717) is 35.5 Å². The van der Waals surface area contributed by atoms with Gasteiger partial charge in [0.1, 0.15) is 25.3 Å². The van der Waals surface area contributed by atoms with Gasteiger partial charge in [0.2, 0.25) is 0 Å². The van der Waals surface area contributed by atoms with Crippen LogP contribution in [0.3, 0.4) is 0 Å². The molecule has 0 saturated carbocycles. The van der Waals surface area contributed by atoms with Crippen LogP contribution < -0.4 is 14.2 Å². The number of para-hydroxylation sites is 2. The minimum Gasteiger partial charge on any atom is -0.495 e. The first-order chi connectivity index (χ1) is 12.8. The molecule has 0 unspecified atom stereocenters. The molecule has 4 rings (SSSR count). The molecule has 0 aliphatic carbocycles. The second-order valence-corrected chi connectivity index (χ2v) is 6.90. The summed E-state index contributed by atoms with van der Waals surface area (Å²) in [7, 11) is 1.65. The molecule has 1 aliphatic rings. The lowest BCUT2D eigenvalue weighted by Crippen LogP contribution is -2.15. The molecule has 1 aromatic heterocycles. The molecule has 0 bridgehead atoms. The summed E-state index contributed by atoms with van der Waals surface area (Å²) in [5.74, 6) is 2.73. The van der Waals surface area contributed by atoms with Gasteiger partial charge in [-0.3, -0.25) is 4.57 Å². The summed E-state index contributed by atoms with van der Waals surface area (Å²) in [5.41, 5.74) is 1.92. The molecule has 0 spiro atoms. The monoisotopic (exact) mass is 389 g/mol. The van der Waals surface area contributed by atoms with E-state index in [0.717, 1.165) is 22.2 Å². The highest BCUT2D eigenvalue weighted by molar-refractivity contribution is 7.98. The molecule has 0 radical (unpaired) electrons. The van der Waals surface area contributed by atoms with E-state index in [-0.39, 0.29) is 0 Å². The molecule has 0 saturated heterocycles. The minimum absolute atomic E-state index is 0.517. The van der Waals surface area contributed by atoms with E-state index in [1.165, 1.54) is 0 Å². The Labute approximate surface area is 160 Å². The van der Waals surface area contributed by atoms with Gasteiger partial charge in [-0.25, -0.2) is 0 Å². The number of fused-ring (bicyclic) bond motifs is 1. The van der Waals surface area contributed by atoms with E-state index in [9.17, 15) is 0 Å². The smallest absolute Gasteiger partial charge is 0.196 e. The van der Waals surface area contributed by atoms with Crippen molar-refractivity contribution in [3.8, 4) is 22.9 Å². The van der Waals surface area contributed by atoms with Crippen LogP contribution in [0.25, 0.3) is 5.69 Å². The molecular weight excluding hydrogens is 374 g/mol. The fourth-order valence-electron chi connectivity index (χ4n) is 2.71. The molecule has 0 N–H and O–H groups in total. The second kappa shape index (κ2) is 7.47. The Hall–Kier alpha value is -2.38. The number of thioether (sulfide) groups is 1. The van der Waals surface area contributed by atoms with Gasteiger partial charge in [-0.1, -0.05) is 35.5 Å². The van der Waals surface area contributed by atoms with Crippen LogP contribution in [0.15, 0.2) is 47.9 Å². The number of aromatic nitrogens is 3. The number of rotatable bonds is 5. The van der Waals surface area contributed by atoms with E-state index in [1.807, 2.05) is 41.0 Å². The van der Waals surface area contributed by atoms with Crippen molar-refractivity contribution in [2.45, 2.75) is 10.9 Å². The zero-order chi connectivity index (χ0) is 17.9. The zero-order valence-electron chi connectivity index (χ0n) is 14.0. The predicted molar refractivity (Wildman–Crippen MR) is 99.9 cm³/mol. The van der Waals surface area contributed by atoms with Gasteiger partial charge in [0.25, 0.3) is 0 Å². The Morgan fingerprint density at radius 2 is 2.08 bits per heavy atom. The predicted octanol–water partition coefficient (Wildman–Crippen LogP) is 3.99. The van der Waals surface area contributed by atoms with Crippen molar-refractivity contribution in [1.82, 2.24) is 14.8 Å². The molecule has 134 valence electrons. The summed E-state index contributed by atoms with van der Waals surface area (Å²) < 4.78 is 18.5. The van der Waals surface area contributed by atoms with Crippen molar-refractivity contribution in [1.29, 1.82) is 0 Å². The van der Waals surface area contributed by atoms with E-state index in [4.69, 9.17) is 25.8 Å². The zero-order valence-corrected chi connectivity index (χ0v) is 15.6. The lowest BCUT2D eigenvalue weighted by atomic mass is 10.2. The van der Waals surface area contributed by atoms with Gasteiger partial charge in [0.15, 0.2) is 16.7 Å². The van der Waals surface area contributed by atoms with Crippen molar-refractivity contribution in [3.05, 3.63) is 53.3 Å². The molecule has 6 nitrogen and oxygen atoms in total. The highest BCUT2D eigenvalue weighted by Gasteiger charge is 2.17. The molecule has 26 heavy (non-hydrogen) atoms. The van der Waals surface area contributed by atoms with Gasteiger partial charge in [-0.05, 0) is 29.8 Å². The highest BCUT2D eigenvalue weighted by Crippen LogP contribution is 2.39. The Morgan fingerprint density at radius 1 is 1.23 bits per heavy atom. The molecule has 0 fully saturated rings. The van der Waals surface area contributed by atoms with Crippen LogP contribution in [-0.2, 0) is 5.75 Å². The van der Waals surface area contributed by atoms with Crippen LogP contribution in [0, 0.1) is 0 Å². The fourth-order valence-corrected chi connectivity index (χ4v) is 3.85. The number of halogens is 1. The fraction of sp³-hybridized carbons (Fsp3) is 0.222. The Morgan fingerprint density at radius 3 is 2.96 bits per heavy atom. The normalized spacial score (nSPS) is 12.8. The second-order valence-electron chi connectivity index (χ2n) is 5.55. The quantitative estimate of drug-likeness (QED) is 0.615. The first-order valence-electron chi connectivity index (χ1n) is 8.00. The van der Waals surface area contributed by atoms with Crippen LogP contribution in [0.4, 0.5) is 0 Å². The van der Waals surface area contributed by atoms with Gasteiger partial charge in [-0.2, -0.15) is 0 Å². The number of benzene rings is 2. The number of hydrogen-bond donors (Lipinski definition) is 0. The minimum atomic E-state index is 0.517. The molecule has 0 atom stereocenters. The van der Waals surface area contributed by atoms with Crippen molar-refractivity contribution in [2.75, 3.05) is 20.3 Å². The third-order valence-corrected chi connectivity index (χ3v) is 5.18. The molecule has 1 aliphatic heterocycles. The Kier molecular flexibility index (Phi) is 4.90. The molecular formula is C18H16ClN3O3S. The van der Waals surface area contributed by atoms with E-state index < -0.39 is 0 Å². The van der Waals surface area contributed by atoms with Crippen LogP contribution in [-0.4, -0.2) is 35.1 Å². The SMILES string of the molecule is COc1ccccc1-n1cnnc1SCc1cc(Cl)c2c(c1)OCCO2. The van der Waals surface area contributed by atoms with E-state index in [1.54, 1.807) is 25.2 Å². The number of nitrogens with zero attached hydrogens (tertiary/aromatic N) is 3. The average molecular weight is 390 g/mol. The van der Waals surface area contributed by atoms with Crippen LogP contribution in [0.1, 0.15) is 5.56 Å². The summed E-state index contributed by atoms with van der Waals surface area (Å²) in [5, 5.41) is 9.59. The number of methoxy groups -OCH3 is 1. The van der Waals surface area contributed by atoms with Crippen LogP contribution in [0.2, 0.25) is 5.02 Å². The number of hydrogen-bond acceptors (Lipinski definition) is 6. The third kappa shape index (κ3) is 3.32. The average Bonchev–Trinajstić information content (AvgIpc) is 3.15. The van der Waals surface area contributed by atoms with Crippen LogP contribution in [0.5, 0.6) is 17.2 Å². The maximum Gasteiger partial charge on any atom is 0.196 e. The summed E-state index contributed by atoms with van der Waals surface area (Å²) in [4.78, 5) is 0. The van der Waals surface area contributed by atoms with E-state index >= 15 is 0 Å².